The molecular formula is C19H19F3N2O3S. The number of carbonyl (C=O) groups is 1. The number of hydrogen-bond acceptors (Lipinski definition) is 3. The first kappa shape index (κ1) is 20.3. The van der Waals surface area contributed by atoms with Gasteiger partial charge in [-0.1, -0.05) is 30.3 Å². The SMILES string of the molecule is CS(=O)(=O)N1CCN(C(=O)c2ccccc2-c2ccc(C(F)(F)F)cc2)CC1. The Hall–Kier alpha value is -2.39. The van der Waals surface area contributed by atoms with Crippen molar-refractivity contribution in [2.24, 2.45) is 0 Å². The normalized spacial score (nSPS) is 16.2. The highest BCUT2D eigenvalue weighted by molar-refractivity contribution is 7.88. The Morgan fingerprint density at radius 2 is 1.50 bits per heavy atom. The Balaban J connectivity index is 1.84. The second-order valence-corrected chi connectivity index (χ2v) is 8.56. The van der Waals surface area contributed by atoms with Gasteiger partial charge >= 0.3 is 6.18 Å². The van der Waals surface area contributed by atoms with E-state index < -0.39 is 21.8 Å². The highest BCUT2D eigenvalue weighted by Gasteiger charge is 2.30. The summed E-state index contributed by atoms with van der Waals surface area (Å²) in [6.07, 6.45) is -3.29. The van der Waals surface area contributed by atoms with Crippen molar-refractivity contribution >= 4 is 15.9 Å². The predicted octanol–water partition coefficient (Wildman–Crippen LogP) is 3.09. The van der Waals surface area contributed by atoms with E-state index in [0.29, 0.717) is 16.7 Å². The van der Waals surface area contributed by atoms with Crippen LogP contribution in [0.5, 0.6) is 0 Å². The molecule has 0 N–H and O–H groups in total. The van der Waals surface area contributed by atoms with Gasteiger partial charge in [-0.15, -0.1) is 0 Å². The van der Waals surface area contributed by atoms with Gasteiger partial charge in [0.2, 0.25) is 10.0 Å². The van der Waals surface area contributed by atoms with E-state index in [1.165, 1.54) is 16.4 Å². The van der Waals surface area contributed by atoms with Gasteiger partial charge in [0.15, 0.2) is 0 Å². The summed E-state index contributed by atoms with van der Waals surface area (Å²) < 4.78 is 62.9. The lowest BCUT2D eigenvalue weighted by molar-refractivity contribution is -0.137. The minimum Gasteiger partial charge on any atom is -0.336 e. The molecular weight excluding hydrogens is 393 g/mol. The Morgan fingerprint density at radius 1 is 0.929 bits per heavy atom. The van der Waals surface area contributed by atoms with Crippen molar-refractivity contribution in [3.63, 3.8) is 0 Å². The van der Waals surface area contributed by atoms with E-state index in [-0.39, 0.29) is 32.1 Å². The molecule has 0 saturated carbocycles. The molecule has 28 heavy (non-hydrogen) atoms. The summed E-state index contributed by atoms with van der Waals surface area (Å²) in [5, 5.41) is 0. The number of nitrogens with zero attached hydrogens (tertiary/aromatic N) is 2. The summed E-state index contributed by atoms with van der Waals surface area (Å²) in [7, 11) is -3.30. The van der Waals surface area contributed by atoms with Crippen LogP contribution >= 0.6 is 0 Å². The van der Waals surface area contributed by atoms with Crippen molar-refractivity contribution in [1.82, 2.24) is 9.21 Å². The first-order valence-corrected chi connectivity index (χ1v) is 10.4. The van der Waals surface area contributed by atoms with E-state index in [9.17, 15) is 26.4 Å². The molecule has 3 rings (SSSR count). The number of piperazine rings is 1. The highest BCUT2D eigenvalue weighted by atomic mass is 32.2. The summed E-state index contributed by atoms with van der Waals surface area (Å²) in [4.78, 5) is 14.5. The van der Waals surface area contributed by atoms with Crippen LogP contribution in [0.25, 0.3) is 11.1 Å². The fourth-order valence-electron chi connectivity index (χ4n) is 3.15. The molecule has 0 radical (unpaired) electrons. The fraction of sp³-hybridized carbons (Fsp3) is 0.316. The predicted molar refractivity (Wildman–Crippen MR) is 99.2 cm³/mol. The molecule has 5 nitrogen and oxygen atoms in total. The smallest absolute Gasteiger partial charge is 0.336 e. The minimum atomic E-state index is -4.42. The molecule has 0 aromatic heterocycles. The van der Waals surface area contributed by atoms with Crippen molar-refractivity contribution in [1.29, 1.82) is 0 Å². The summed E-state index contributed by atoms with van der Waals surface area (Å²) >= 11 is 0. The number of amides is 1. The fourth-order valence-corrected chi connectivity index (χ4v) is 3.98. The molecule has 0 bridgehead atoms. The molecule has 0 unspecified atom stereocenters. The zero-order chi connectivity index (χ0) is 20.5. The van der Waals surface area contributed by atoms with E-state index in [1.807, 2.05) is 0 Å². The number of hydrogen-bond donors (Lipinski definition) is 0. The third-order valence-electron chi connectivity index (χ3n) is 4.68. The van der Waals surface area contributed by atoms with E-state index in [4.69, 9.17) is 0 Å². The molecule has 2 aromatic rings. The Bertz CT molecular complexity index is 965. The molecule has 2 aromatic carbocycles. The second-order valence-electron chi connectivity index (χ2n) is 6.57. The summed E-state index contributed by atoms with van der Waals surface area (Å²) in [6, 6.07) is 11.4. The van der Waals surface area contributed by atoms with Gasteiger partial charge in [-0.25, -0.2) is 8.42 Å². The first-order chi connectivity index (χ1) is 13.1. The second kappa shape index (κ2) is 7.56. The molecule has 0 aliphatic carbocycles. The van der Waals surface area contributed by atoms with Gasteiger partial charge in [0.25, 0.3) is 5.91 Å². The van der Waals surface area contributed by atoms with Crippen molar-refractivity contribution in [2.75, 3.05) is 32.4 Å². The minimum absolute atomic E-state index is 0.215. The van der Waals surface area contributed by atoms with Gasteiger partial charge in [-0.05, 0) is 29.3 Å². The lowest BCUT2D eigenvalue weighted by atomic mass is 9.97. The van der Waals surface area contributed by atoms with E-state index in [2.05, 4.69) is 0 Å². The van der Waals surface area contributed by atoms with E-state index >= 15 is 0 Å². The van der Waals surface area contributed by atoms with Crippen LogP contribution in [0, 0.1) is 0 Å². The number of halogens is 3. The van der Waals surface area contributed by atoms with Crippen LogP contribution in [-0.2, 0) is 16.2 Å². The number of alkyl halides is 3. The molecule has 0 spiro atoms. The molecule has 1 fully saturated rings. The molecule has 1 amide bonds. The Labute approximate surface area is 161 Å². The quantitative estimate of drug-likeness (QED) is 0.779. The van der Waals surface area contributed by atoms with Gasteiger partial charge in [0, 0.05) is 31.7 Å². The van der Waals surface area contributed by atoms with Crippen molar-refractivity contribution in [3.05, 3.63) is 59.7 Å². The maximum absolute atomic E-state index is 13.0. The summed E-state index contributed by atoms with van der Waals surface area (Å²) in [5.74, 6) is -0.274. The average Bonchev–Trinajstić information content (AvgIpc) is 2.66. The van der Waals surface area contributed by atoms with Gasteiger partial charge in [-0.2, -0.15) is 17.5 Å². The molecule has 0 atom stereocenters. The van der Waals surface area contributed by atoms with Crippen LogP contribution in [0.3, 0.4) is 0 Å². The van der Waals surface area contributed by atoms with Crippen LogP contribution in [0.4, 0.5) is 13.2 Å². The van der Waals surface area contributed by atoms with Crippen molar-refractivity contribution in [3.8, 4) is 11.1 Å². The molecule has 1 aliphatic heterocycles. The Morgan fingerprint density at radius 3 is 2.04 bits per heavy atom. The molecule has 1 aliphatic rings. The zero-order valence-electron chi connectivity index (χ0n) is 15.1. The number of sulfonamides is 1. The Kier molecular flexibility index (Phi) is 5.49. The monoisotopic (exact) mass is 412 g/mol. The average molecular weight is 412 g/mol. The number of carbonyl (C=O) groups excluding carboxylic acids is 1. The van der Waals surface area contributed by atoms with Gasteiger partial charge in [0.05, 0.1) is 11.8 Å². The molecule has 1 heterocycles. The summed E-state index contributed by atoms with van der Waals surface area (Å²) in [6.45, 7) is 0.945. The van der Waals surface area contributed by atoms with Crippen LogP contribution in [0.15, 0.2) is 48.5 Å². The maximum atomic E-state index is 13.0. The van der Waals surface area contributed by atoms with Crippen molar-refractivity contribution < 1.29 is 26.4 Å². The summed E-state index contributed by atoms with van der Waals surface area (Å²) in [5.41, 5.74) is 0.658. The maximum Gasteiger partial charge on any atom is 0.416 e. The topological polar surface area (TPSA) is 57.7 Å². The van der Waals surface area contributed by atoms with Crippen LogP contribution in [0.2, 0.25) is 0 Å². The van der Waals surface area contributed by atoms with E-state index in [0.717, 1.165) is 18.4 Å². The largest absolute Gasteiger partial charge is 0.416 e. The third kappa shape index (κ3) is 4.36. The first-order valence-electron chi connectivity index (χ1n) is 8.58. The van der Waals surface area contributed by atoms with Crippen LogP contribution < -0.4 is 0 Å². The third-order valence-corrected chi connectivity index (χ3v) is 5.98. The lowest BCUT2D eigenvalue weighted by Gasteiger charge is -2.33. The van der Waals surface area contributed by atoms with Gasteiger partial charge < -0.3 is 4.90 Å². The molecule has 1 saturated heterocycles. The van der Waals surface area contributed by atoms with Crippen molar-refractivity contribution in [2.45, 2.75) is 6.18 Å². The van der Waals surface area contributed by atoms with Crippen LogP contribution in [0.1, 0.15) is 15.9 Å². The lowest BCUT2D eigenvalue weighted by Crippen LogP contribution is -2.50. The standard InChI is InChI=1S/C19H19F3N2O3S/c1-28(26,27)24-12-10-23(11-13-24)18(25)17-5-3-2-4-16(17)14-6-8-15(9-7-14)19(20,21)22/h2-9H,10-13H2,1H3. The van der Waals surface area contributed by atoms with Gasteiger partial charge in [-0.3, -0.25) is 4.79 Å². The zero-order valence-corrected chi connectivity index (χ0v) is 15.9. The highest BCUT2D eigenvalue weighted by Crippen LogP contribution is 2.32. The van der Waals surface area contributed by atoms with Crippen LogP contribution in [-0.4, -0.2) is 56.0 Å². The van der Waals surface area contributed by atoms with E-state index in [1.54, 1.807) is 29.2 Å². The number of rotatable bonds is 3. The molecule has 9 heteroatoms. The molecule has 150 valence electrons. The van der Waals surface area contributed by atoms with Gasteiger partial charge in [0.1, 0.15) is 0 Å². The number of benzene rings is 2.